The molecular weight excluding hydrogens is 703 g/mol. The van der Waals surface area contributed by atoms with Gasteiger partial charge in [-0.1, -0.05) is 140 Å². The van der Waals surface area contributed by atoms with Gasteiger partial charge in [-0.3, -0.25) is 0 Å². The van der Waals surface area contributed by atoms with Crippen LogP contribution in [0.2, 0.25) is 0 Å². The van der Waals surface area contributed by atoms with Gasteiger partial charge in [0.15, 0.2) is 17.5 Å². The number of aromatic nitrogens is 3. The number of fused-ring (bicyclic) bond motifs is 10. The van der Waals surface area contributed by atoms with E-state index >= 15 is 0 Å². The highest BCUT2D eigenvalue weighted by Crippen LogP contribution is 2.50. The van der Waals surface area contributed by atoms with Gasteiger partial charge in [-0.05, 0) is 74.6 Å². The molecule has 2 unspecified atom stereocenters. The molecule has 56 heavy (non-hydrogen) atoms. The van der Waals surface area contributed by atoms with Crippen LogP contribution in [-0.2, 0) is 0 Å². The van der Waals surface area contributed by atoms with E-state index in [-0.39, 0.29) is 17.9 Å². The van der Waals surface area contributed by atoms with Crippen LogP contribution in [0.5, 0.6) is 5.75 Å². The third kappa shape index (κ3) is 5.08. The molecule has 0 spiro atoms. The van der Waals surface area contributed by atoms with E-state index in [1.807, 2.05) is 29.5 Å². The van der Waals surface area contributed by atoms with Gasteiger partial charge in [0.2, 0.25) is 0 Å². The topological polar surface area (TPSA) is 47.9 Å². The normalized spacial score (nSPS) is 17.5. The zero-order valence-electron chi connectivity index (χ0n) is 30.3. The molecule has 0 amide bonds. The lowest BCUT2D eigenvalue weighted by Gasteiger charge is -2.26. The van der Waals surface area contributed by atoms with Crippen LogP contribution in [0.25, 0.3) is 86.7 Å². The average molecular weight is 736 g/mol. The van der Waals surface area contributed by atoms with E-state index < -0.39 is 0 Å². The molecule has 0 saturated carbocycles. The van der Waals surface area contributed by atoms with Crippen LogP contribution in [-0.4, -0.2) is 21.1 Å². The van der Waals surface area contributed by atoms with Crippen LogP contribution >= 0.6 is 11.3 Å². The summed E-state index contributed by atoms with van der Waals surface area (Å²) in [6, 6.07) is 56.3. The van der Waals surface area contributed by atoms with Crippen LogP contribution in [0.4, 0.5) is 0 Å². The number of benzene rings is 8. The van der Waals surface area contributed by atoms with Gasteiger partial charge in [0, 0.05) is 54.3 Å². The van der Waals surface area contributed by atoms with Crippen LogP contribution < -0.4 is 4.74 Å². The predicted molar refractivity (Wildman–Crippen MR) is 232 cm³/mol. The number of rotatable bonds is 4. The maximum Gasteiger partial charge on any atom is 0.164 e. The van der Waals surface area contributed by atoms with Crippen molar-refractivity contribution in [3.8, 4) is 39.9 Å². The Hall–Kier alpha value is -6.69. The number of nitrogens with zero attached hydrogens (tertiary/aromatic N) is 3. The van der Waals surface area contributed by atoms with Crippen molar-refractivity contribution in [2.45, 2.75) is 24.4 Å². The largest absolute Gasteiger partial charge is 0.489 e. The smallest absolute Gasteiger partial charge is 0.164 e. The number of ether oxygens (including phenoxy) is 1. The van der Waals surface area contributed by atoms with Crippen molar-refractivity contribution in [3.05, 3.63) is 181 Å². The van der Waals surface area contributed by atoms with Gasteiger partial charge >= 0.3 is 0 Å². The lowest BCUT2D eigenvalue weighted by Crippen LogP contribution is -2.24. The van der Waals surface area contributed by atoms with Crippen LogP contribution in [0, 0.1) is 0 Å². The summed E-state index contributed by atoms with van der Waals surface area (Å²) in [5, 5.41) is 10.1. The Labute approximate surface area is 327 Å². The summed E-state index contributed by atoms with van der Waals surface area (Å²) < 4.78 is 9.47. The summed E-state index contributed by atoms with van der Waals surface area (Å²) in [5.74, 6) is 3.25. The summed E-state index contributed by atoms with van der Waals surface area (Å²) in [6.07, 6.45) is 5.68. The minimum atomic E-state index is 0.0229. The first-order valence-corrected chi connectivity index (χ1v) is 20.1. The fourth-order valence-electron chi connectivity index (χ4n) is 9.06. The van der Waals surface area contributed by atoms with Crippen molar-refractivity contribution in [3.63, 3.8) is 0 Å². The number of thiophene rings is 1. The molecular formula is C51H33N3OS. The molecule has 5 heteroatoms. The van der Waals surface area contributed by atoms with E-state index in [0.29, 0.717) is 17.5 Å². The Kier molecular flexibility index (Phi) is 7.02. The minimum absolute atomic E-state index is 0.0229. The van der Waals surface area contributed by atoms with Crippen LogP contribution in [0.15, 0.2) is 170 Å². The van der Waals surface area contributed by atoms with E-state index in [4.69, 9.17) is 19.7 Å². The first kappa shape index (κ1) is 31.6. The third-order valence-electron chi connectivity index (χ3n) is 11.8. The van der Waals surface area contributed by atoms with E-state index in [1.165, 1.54) is 52.7 Å². The fourth-order valence-corrected chi connectivity index (χ4v) is 10.2. The molecule has 3 heterocycles. The summed E-state index contributed by atoms with van der Waals surface area (Å²) >= 11 is 1.89. The SMILES string of the molecule is C1=CC2c3c(cccc3-c3nc(-c4ccccc4)nc(-c4ccc5c(ccc6ccccc65)c4)n3)O[C@H]2CC1c1ccc2c(c1)sc1cc3ccccc3cc12. The molecule has 2 aliphatic rings. The van der Waals surface area contributed by atoms with Gasteiger partial charge in [-0.15, -0.1) is 11.3 Å². The second kappa shape index (κ2) is 12.4. The van der Waals surface area contributed by atoms with Crippen molar-refractivity contribution in [1.82, 2.24) is 15.0 Å². The first-order valence-electron chi connectivity index (χ1n) is 19.3. The second-order valence-corrected chi connectivity index (χ2v) is 16.2. The molecule has 0 saturated heterocycles. The molecule has 0 N–H and O–H groups in total. The first-order chi connectivity index (χ1) is 27.7. The molecule has 1 aliphatic carbocycles. The van der Waals surface area contributed by atoms with Crippen molar-refractivity contribution in [2.24, 2.45) is 0 Å². The van der Waals surface area contributed by atoms with Gasteiger partial charge in [-0.2, -0.15) is 0 Å². The molecule has 4 nitrogen and oxygen atoms in total. The molecule has 8 aromatic carbocycles. The Morgan fingerprint density at radius 1 is 0.482 bits per heavy atom. The van der Waals surface area contributed by atoms with Crippen molar-refractivity contribution in [2.75, 3.05) is 0 Å². The van der Waals surface area contributed by atoms with Gasteiger partial charge in [0.05, 0.1) is 0 Å². The quantitative estimate of drug-likeness (QED) is 0.133. The maximum atomic E-state index is 6.80. The van der Waals surface area contributed by atoms with Crippen molar-refractivity contribution >= 4 is 63.8 Å². The lowest BCUT2D eigenvalue weighted by molar-refractivity contribution is 0.197. The van der Waals surface area contributed by atoms with E-state index in [1.54, 1.807) is 0 Å². The fraction of sp³-hybridized carbons (Fsp3) is 0.0784. The Balaban J connectivity index is 0.924. The van der Waals surface area contributed by atoms with Crippen LogP contribution in [0.3, 0.4) is 0 Å². The van der Waals surface area contributed by atoms with Crippen molar-refractivity contribution < 1.29 is 4.74 Å². The lowest BCUT2D eigenvalue weighted by atomic mass is 9.79. The third-order valence-corrected chi connectivity index (χ3v) is 12.9. The molecule has 12 rings (SSSR count). The molecule has 0 fully saturated rings. The van der Waals surface area contributed by atoms with Gasteiger partial charge in [-0.25, -0.2) is 15.0 Å². The highest BCUT2D eigenvalue weighted by atomic mass is 32.1. The molecule has 264 valence electrons. The number of hydrogen-bond donors (Lipinski definition) is 0. The summed E-state index contributed by atoms with van der Waals surface area (Å²) in [5.41, 5.74) is 5.39. The Morgan fingerprint density at radius 3 is 2.09 bits per heavy atom. The molecule has 0 radical (unpaired) electrons. The minimum Gasteiger partial charge on any atom is -0.489 e. The van der Waals surface area contributed by atoms with Gasteiger partial charge in [0.25, 0.3) is 0 Å². The summed E-state index contributed by atoms with van der Waals surface area (Å²) in [7, 11) is 0. The second-order valence-electron chi connectivity index (χ2n) is 15.1. The molecule has 10 aromatic rings. The highest BCUT2D eigenvalue weighted by molar-refractivity contribution is 7.25. The Morgan fingerprint density at radius 2 is 1.20 bits per heavy atom. The molecule has 3 atom stereocenters. The zero-order chi connectivity index (χ0) is 36.7. The number of allylic oxidation sites excluding steroid dienone is 1. The monoisotopic (exact) mass is 735 g/mol. The maximum absolute atomic E-state index is 6.80. The highest BCUT2D eigenvalue weighted by Gasteiger charge is 2.39. The predicted octanol–water partition coefficient (Wildman–Crippen LogP) is 13.3. The van der Waals surface area contributed by atoms with E-state index in [0.717, 1.165) is 39.8 Å². The van der Waals surface area contributed by atoms with Crippen molar-refractivity contribution in [1.29, 1.82) is 0 Å². The number of hydrogen-bond acceptors (Lipinski definition) is 5. The Bertz CT molecular complexity index is 3240. The van der Waals surface area contributed by atoms with Gasteiger partial charge < -0.3 is 4.74 Å². The van der Waals surface area contributed by atoms with Crippen LogP contribution in [0.1, 0.15) is 29.4 Å². The van der Waals surface area contributed by atoms with E-state index in [2.05, 4.69) is 152 Å². The van der Waals surface area contributed by atoms with E-state index in [9.17, 15) is 0 Å². The molecule has 2 aromatic heterocycles. The van der Waals surface area contributed by atoms with Gasteiger partial charge in [0.1, 0.15) is 11.9 Å². The molecule has 1 aliphatic heterocycles. The average Bonchev–Trinajstić information content (AvgIpc) is 3.82. The summed E-state index contributed by atoms with van der Waals surface area (Å²) in [6.45, 7) is 0. The summed E-state index contributed by atoms with van der Waals surface area (Å²) in [4.78, 5) is 15.4. The zero-order valence-corrected chi connectivity index (χ0v) is 31.1. The molecule has 0 bridgehead atoms. The standard InChI is InChI=1S/C51H33N3OS/c1-2-10-31(11-3-1)49-52-50(37-21-22-39-36(25-37)18-17-30-9-6-7-14-38(30)39)54-51(53-49)42-15-8-16-44-48(42)41-24-20-34(27-45(41)55-44)35-19-23-40-43-26-32-12-4-5-13-33(32)28-47(43)56-46(40)29-35/h1-26,28-29,34,41,45H,27H2/t34?,41?,45-/m0/s1.